The van der Waals surface area contributed by atoms with Crippen molar-refractivity contribution >= 4 is 35.7 Å². The fraction of sp³-hybridized carbons (Fsp3) is 0. The molecule has 0 fully saturated rings. The Morgan fingerprint density at radius 1 is 0.586 bits per heavy atom. The van der Waals surface area contributed by atoms with Gasteiger partial charge in [0.2, 0.25) is 0 Å². The van der Waals surface area contributed by atoms with E-state index in [0.717, 1.165) is 5.56 Å². The van der Waals surface area contributed by atoms with E-state index < -0.39 is 7.92 Å². The highest BCUT2D eigenvalue weighted by molar-refractivity contribution is 7.80. The van der Waals surface area contributed by atoms with Crippen LogP contribution in [0.3, 0.4) is 0 Å². The minimum absolute atomic E-state index is 0.0177. The zero-order chi connectivity index (χ0) is 19.9. The van der Waals surface area contributed by atoms with Crippen LogP contribution in [-0.2, 0) is 0 Å². The van der Waals surface area contributed by atoms with E-state index >= 15 is 0 Å². The molecule has 0 N–H and O–H groups in total. The van der Waals surface area contributed by atoms with E-state index in [1.54, 1.807) is 6.08 Å². The number of carbonyl (C=O) groups excluding carboxylic acids is 1. The van der Waals surface area contributed by atoms with Gasteiger partial charge < -0.3 is 0 Å². The molecule has 0 atom stereocenters. The SMILES string of the molecule is O=C(C=Cc1ccccc1P(c1ccccc1)c1ccccc1)c1ccccc1. The normalized spacial score (nSPS) is 11.1. The van der Waals surface area contributed by atoms with Crippen molar-refractivity contribution < 1.29 is 4.79 Å². The molecule has 0 bridgehead atoms. The van der Waals surface area contributed by atoms with E-state index in [4.69, 9.17) is 0 Å². The second-order valence-corrected chi connectivity index (χ2v) is 8.81. The maximum atomic E-state index is 12.6. The highest BCUT2D eigenvalue weighted by Crippen LogP contribution is 2.34. The van der Waals surface area contributed by atoms with Gasteiger partial charge in [0, 0.05) is 5.56 Å². The Kier molecular flexibility index (Phi) is 6.10. The summed E-state index contributed by atoms with van der Waals surface area (Å²) >= 11 is 0. The van der Waals surface area contributed by atoms with Gasteiger partial charge in [-0.15, -0.1) is 0 Å². The third-order valence-corrected chi connectivity index (χ3v) is 7.20. The number of ketones is 1. The predicted octanol–water partition coefficient (Wildman–Crippen LogP) is 5.34. The van der Waals surface area contributed by atoms with Crippen molar-refractivity contribution in [1.29, 1.82) is 0 Å². The molecule has 0 aliphatic rings. The fourth-order valence-electron chi connectivity index (χ4n) is 3.28. The predicted molar refractivity (Wildman–Crippen MR) is 125 cm³/mol. The second-order valence-electron chi connectivity index (χ2n) is 6.63. The molecule has 0 heterocycles. The molecule has 0 unspecified atom stereocenters. The van der Waals surface area contributed by atoms with Gasteiger partial charge >= 0.3 is 0 Å². The Hall–Kier alpha value is -3.28. The average molecular weight is 392 g/mol. The van der Waals surface area contributed by atoms with Gasteiger partial charge in [0.25, 0.3) is 0 Å². The summed E-state index contributed by atoms with van der Waals surface area (Å²) in [7, 11) is -0.714. The minimum Gasteiger partial charge on any atom is -0.289 e. The van der Waals surface area contributed by atoms with Crippen molar-refractivity contribution in [2.75, 3.05) is 0 Å². The quantitative estimate of drug-likeness (QED) is 0.246. The maximum absolute atomic E-state index is 12.6. The highest BCUT2D eigenvalue weighted by Gasteiger charge is 2.18. The summed E-state index contributed by atoms with van der Waals surface area (Å²) in [4.78, 5) is 12.6. The lowest BCUT2D eigenvalue weighted by molar-refractivity contribution is 0.104. The highest BCUT2D eigenvalue weighted by atomic mass is 31.1. The van der Waals surface area contributed by atoms with Crippen LogP contribution in [0.1, 0.15) is 15.9 Å². The first kappa shape index (κ1) is 19.1. The van der Waals surface area contributed by atoms with E-state index in [2.05, 4.69) is 66.7 Å². The van der Waals surface area contributed by atoms with Gasteiger partial charge in [0.1, 0.15) is 0 Å². The molecule has 0 aromatic heterocycles. The molecule has 1 nitrogen and oxygen atoms in total. The molecule has 4 aromatic rings. The summed E-state index contributed by atoms with van der Waals surface area (Å²) < 4.78 is 0. The molecule has 4 aromatic carbocycles. The molecule has 2 heteroatoms. The smallest absolute Gasteiger partial charge is 0.185 e. The Morgan fingerprint density at radius 2 is 1.07 bits per heavy atom. The van der Waals surface area contributed by atoms with Gasteiger partial charge in [0.05, 0.1) is 0 Å². The van der Waals surface area contributed by atoms with Gasteiger partial charge in [-0.25, -0.2) is 0 Å². The molecular weight excluding hydrogens is 371 g/mol. The Bertz CT molecular complexity index is 1060. The zero-order valence-corrected chi connectivity index (χ0v) is 16.9. The van der Waals surface area contributed by atoms with Crippen LogP contribution in [-0.4, -0.2) is 5.78 Å². The van der Waals surface area contributed by atoms with Crippen molar-refractivity contribution in [2.45, 2.75) is 0 Å². The Morgan fingerprint density at radius 3 is 1.66 bits per heavy atom. The molecule has 0 aliphatic heterocycles. The van der Waals surface area contributed by atoms with E-state index in [1.807, 2.05) is 54.6 Å². The summed E-state index contributed by atoms with van der Waals surface area (Å²) in [5.74, 6) is 0.0177. The Labute approximate surface area is 173 Å². The maximum Gasteiger partial charge on any atom is 0.185 e. The molecule has 0 saturated heterocycles. The van der Waals surface area contributed by atoms with Crippen LogP contribution in [0.25, 0.3) is 6.08 Å². The van der Waals surface area contributed by atoms with Crippen LogP contribution in [0.4, 0.5) is 0 Å². The first-order chi connectivity index (χ1) is 14.3. The molecule has 0 radical (unpaired) electrons. The number of hydrogen-bond acceptors (Lipinski definition) is 1. The number of allylic oxidation sites excluding steroid dienone is 1. The van der Waals surface area contributed by atoms with Crippen LogP contribution < -0.4 is 15.9 Å². The summed E-state index contributed by atoms with van der Waals surface area (Å²) in [6, 6.07) is 39.0. The number of carbonyl (C=O) groups is 1. The fourth-order valence-corrected chi connectivity index (χ4v) is 5.72. The molecule has 140 valence electrons. The van der Waals surface area contributed by atoms with Crippen molar-refractivity contribution in [3.05, 3.63) is 132 Å². The van der Waals surface area contributed by atoms with Gasteiger partial charge in [-0.2, -0.15) is 0 Å². The summed E-state index contributed by atoms with van der Waals surface area (Å²) in [5, 5.41) is 3.84. The topological polar surface area (TPSA) is 17.1 Å². The largest absolute Gasteiger partial charge is 0.289 e. The molecule has 0 spiro atoms. The van der Waals surface area contributed by atoms with Gasteiger partial charge in [0.15, 0.2) is 5.78 Å². The van der Waals surface area contributed by atoms with E-state index in [-0.39, 0.29) is 5.78 Å². The molecule has 0 aliphatic carbocycles. The molecule has 0 amide bonds. The summed E-state index contributed by atoms with van der Waals surface area (Å²) in [6.45, 7) is 0. The van der Waals surface area contributed by atoms with Crippen LogP contribution in [0.15, 0.2) is 121 Å². The lowest BCUT2D eigenvalue weighted by Gasteiger charge is -2.21. The van der Waals surface area contributed by atoms with E-state index in [0.29, 0.717) is 5.56 Å². The standard InChI is InChI=1S/C27H21OP/c28-26(22-12-4-1-5-13-22)21-20-23-14-10-11-19-27(23)29(24-15-6-2-7-16-24)25-17-8-3-9-18-25/h1-21H. The van der Waals surface area contributed by atoms with Crippen LogP contribution in [0, 0.1) is 0 Å². The van der Waals surface area contributed by atoms with Gasteiger partial charge in [-0.05, 0) is 35.5 Å². The van der Waals surface area contributed by atoms with Crippen molar-refractivity contribution in [1.82, 2.24) is 0 Å². The third kappa shape index (κ3) is 4.59. The van der Waals surface area contributed by atoms with Gasteiger partial charge in [-0.1, -0.05) is 121 Å². The number of hydrogen-bond donors (Lipinski definition) is 0. The van der Waals surface area contributed by atoms with Crippen molar-refractivity contribution in [3.63, 3.8) is 0 Å². The lowest BCUT2D eigenvalue weighted by Crippen LogP contribution is -2.22. The molecule has 4 rings (SSSR count). The molecule has 29 heavy (non-hydrogen) atoms. The monoisotopic (exact) mass is 392 g/mol. The zero-order valence-electron chi connectivity index (χ0n) is 16.0. The number of benzene rings is 4. The van der Waals surface area contributed by atoms with Crippen molar-refractivity contribution in [2.24, 2.45) is 0 Å². The van der Waals surface area contributed by atoms with E-state index in [1.165, 1.54) is 15.9 Å². The average Bonchev–Trinajstić information content (AvgIpc) is 2.80. The van der Waals surface area contributed by atoms with Crippen LogP contribution in [0.5, 0.6) is 0 Å². The third-order valence-electron chi connectivity index (χ3n) is 4.68. The molecular formula is C27H21OP. The van der Waals surface area contributed by atoms with E-state index in [9.17, 15) is 4.79 Å². The molecule has 0 saturated carbocycles. The van der Waals surface area contributed by atoms with Crippen LogP contribution in [0.2, 0.25) is 0 Å². The second kappa shape index (κ2) is 9.28. The van der Waals surface area contributed by atoms with Crippen molar-refractivity contribution in [3.8, 4) is 0 Å². The lowest BCUT2D eigenvalue weighted by atomic mass is 10.1. The first-order valence-corrected chi connectivity index (χ1v) is 10.9. The number of rotatable bonds is 6. The summed E-state index contributed by atoms with van der Waals surface area (Å²) in [5.41, 5.74) is 1.78. The summed E-state index contributed by atoms with van der Waals surface area (Å²) in [6.07, 6.45) is 3.63. The first-order valence-electron chi connectivity index (χ1n) is 9.60. The Balaban J connectivity index is 1.75. The minimum atomic E-state index is -0.714. The van der Waals surface area contributed by atoms with Crippen LogP contribution >= 0.6 is 7.92 Å². The van der Waals surface area contributed by atoms with Gasteiger partial charge in [-0.3, -0.25) is 4.79 Å².